The number of hydrogen-bond donors (Lipinski definition) is 2. The topological polar surface area (TPSA) is 80.3 Å². The van der Waals surface area contributed by atoms with Crippen molar-refractivity contribution in [1.29, 1.82) is 0 Å². The molecule has 22 heavy (non-hydrogen) atoms. The maximum Gasteiger partial charge on any atom is 0.407 e. The molecule has 1 aromatic heterocycles. The predicted molar refractivity (Wildman–Crippen MR) is 86.3 cm³/mol. The van der Waals surface area contributed by atoms with Crippen LogP contribution in [0.4, 0.5) is 10.6 Å². The third-order valence-electron chi connectivity index (χ3n) is 2.89. The molecule has 0 aliphatic rings. The van der Waals surface area contributed by atoms with Crippen LogP contribution < -0.4 is 10.6 Å². The minimum Gasteiger partial charge on any atom is -0.444 e. The molecule has 1 heterocycles. The zero-order chi connectivity index (χ0) is 16.8. The average Bonchev–Trinajstić information content (AvgIpc) is 2.41. The molecule has 6 nitrogen and oxygen atoms in total. The molecule has 0 bridgehead atoms. The minimum absolute atomic E-state index is 0.0265. The standard InChI is InChI=1S/C16H25N3O3/c1-11-12(8-9-14(17-5)19-11)13(20)7-6-10-18-15(21)22-16(2,3)4/h8-9H,6-7,10H2,1-5H3,(H,17,19)(H,18,21). The van der Waals surface area contributed by atoms with E-state index in [-0.39, 0.29) is 5.78 Å². The molecule has 0 aliphatic carbocycles. The number of alkyl carbamates (subject to hydrolysis) is 1. The van der Waals surface area contributed by atoms with Crippen LogP contribution in [-0.4, -0.2) is 36.1 Å². The van der Waals surface area contributed by atoms with Crippen molar-refractivity contribution in [3.8, 4) is 0 Å². The van der Waals surface area contributed by atoms with Crippen LogP contribution in [0.1, 0.15) is 49.7 Å². The fraction of sp³-hybridized carbons (Fsp3) is 0.562. The van der Waals surface area contributed by atoms with Crippen LogP contribution in [0.5, 0.6) is 0 Å². The van der Waals surface area contributed by atoms with E-state index in [4.69, 9.17) is 4.74 Å². The molecular formula is C16H25N3O3. The van der Waals surface area contributed by atoms with Gasteiger partial charge in [0, 0.05) is 25.6 Å². The number of ketones is 1. The molecule has 122 valence electrons. The summed E-state index contributed by atoms with van der Waals surface area (Å²) < 4.78 is 5.12. The van der Waals surface area contributed by atoms with Crippen molar-refractivity contribution in [3.63, 3.8) is 0 Å². The second kappa shape index (κ2) is 7.77. The molecule has 0 saturated heterocycles. The van der Waals surface area contributed by atoms with E-state index in [1.54, 1.807) is 40.0 Å². The van der Waals surface area contributed by atoms with E-state index in [0.717, 1.165) is 5.82 Å². The maximum atomic E-state index is 12.1. The van der Waals surface area contributed by atoms with Crippen molar-refractivity contribution in [3.05, 3.63) is 23.4 Å². The molecule has 1 rings (SSSR count). The number of ether oxygens (including phenoxy) is 1. The summed E-state index contributed by atoms with van der Waals surface area (Å²) in [7, 11) is 1.78. The number of Topliss-reactive ketones (excluding diaryl/α,β-unsaturated/α-hetero) is 1. The zero-order valence-corrected chi connectivity index (χ0v) is 13.9. The summed E-state index contributed by atoms with van der Waals surface area (Å²) >= 11 is 0. The van der Waals surface area contributed by atoms with E-state index < -0.39 is 11.7 Å². The lowest BCUT2D eigenvalue weighted by Crippen LogP contribution is -2.33. The van der Waals surface area contributed by atoms with Gasteiger partial charge in [-0.1, -0.05) is 0 Å². The van der Waals surface area contributed by atoms with Gasteiger partial charge in [0.05, 0.1) is 5.69 Å². The molecule has 0 saturated carbocycles. The van der Waals surface area contributed by atoms with Crippen LogP contribution in [0, 0.1) is 6.92 Å². The quantitative estimate of drug-likeness (QED) is 0.624. The molecule has 0 unspecified atom stereocenters. The second-order valence-electron chi connectivity index (χ2n) is 6.03. The van der Waals surface area contributed by atoms with Gasteiger partial charge in [0.25, 0.3) is 0 Å². The first-order valence-corrected chi connectivity index (χ1v) is 7.38. The van der Waals surface area contributed by atoms with Crippen LogP contribution in [0.3, 0.4) is 0 Å². The number of nitrogens with one attached hydrogen (secondary N) is 2. The van der Waals surface area contributed by atoms with Gasteiger partial charge < -0.3 is 15.4 Å². The van der Waals surface area contributed by atoms with Gasteiger partial charge in [-0.15, -0.1) is 0 Å². The smallest absolute Gasteiger partial charge is 0.407 e. The largest absolute Gasteiger partial charge is 0.444 e. The van der Waals surface area contributed by atoms with Gasteiger partial charge in [0.15, 0.2) is 5.78 Å². The molecule has 0 atom stereocenters. The van der Waals surface area contributed by atoms with E-state index in [1.807, 2.05) is 6.92 Å². The number of amides is 1. The minimum atomic E-state index is -0.516. The van der Waals surface area contributed by atoms with Gasteiger partial charge in [-0.25, -0.2) is 9.78 Å². The van der Waals surface area contributed by atoms with Crippen LogP contribution >= 0.6 is 0 Å². The summed E-state index contributed by atoms with van der Waals surface area (Å²) in [6.45, 7) is 7.64. The number of carbonyl (C=O) groups is 2. The fourth-order valence-corrected chi connectivity index (χ4v) is 1.88. The lowest BCUT2D eigenvalue weighted by Gasteiger charge is -2.19. The molecule has 0 aromatic carbocycles. The molecule has 0 spiro atoms. The zero-order valence-electron chi connectivity index (χ0n) is 13.9. The Bertz CT molecular complexity index is 536. The number of carbonyl (C=O) groups excluding carboxylic acids is 2. The van der Waals surface area contributed by atoms with Crippen molar-refractivity contribution in [1.82, 2.24) is 10.3 Å². The van der Waals surface area contributed by atoms with E-state index in [9.17, 15) is 9.59 Å². The highest BCUT2D eigenvalue weighted by molar-refractivity contribution is 5.97. The van der Waals surface area contributed by atoms with E-state index in [1.165, 1.54) is 0 Å². The van der Waals surface area contributed by atoms with Gasteiger partial charge in [-0.3, -0.25) is 4.79 Å². The monoisotopic (exact) mass is 307 g/mol. The number of nitrogens with zero attached hydrogens (tertiary/aromatic N) is 1. The van der Waals surface area contributed by atoms with Gasteiger partial charge in [-0.05, 0) is 46.2 Å². The van der Waals surface area contributed by atoms with Gasteiger partial charge in [0.1, 0.15) is 11.4 Å². The summed E-state index contributed by atoms with van der Waals surface area (Å²) in [6, 6.07) is 3.55. The Morgan fingerprint density at radius 1 is 1.27 bits per heavy atom. The number of hydrogen-bond acceptors (Lipinski definition) is 5. The predicted octanol–water partition coefficient (Wildman–Crippen LogP) is 2.92. The van der Waals surface area contributed by atoms with Crippen molar-refractivity contribution < 1.29 is 14.3 Å². The Morgan fingerprint density at radius 3 is 2.50 bits per heavy atom. The fourth-order valence-electron chi connectivity index (χ4n) is 1.88. The van der Waals surface area contributed by atoms with Gasteiger partial charge in [-0.2, -0.15) is 0 Å². The van der Waals surface area contributed by atoms with Crippen molar-refractivity contribution in [2.45, 2.75) is 46.1 Å². The first-order valence-electron chi connectivity index (χ1n) is 7.38. The van der Waals surface area contributed by atoms with Crippen molar-refractivity contribution >= 4 is 17.7 Å². The SMILES string of the molecule is CNc1ccc(C(=O)CCCNC(=O)OC(C)(C)C)c(C)n1. The highest BCUT2D eigenvalue weighted by Gasteiger charge is 2.16. The number of aromatic nitrogens is 1. The van der Waals surface area contributed by atoms with Gasteiger partial charge in [0.2, 0.25) is 0 Å². The third-order valence-corrected chi connectivity index (χ3v) is 2.89. The Hall–Kier alpha value is -2.11. The lowest BCUT2D eigenvalue weighted by atomic mass is 10.1. The second-order valence-corrected chi connectivity index (χ2v) is 6.03. The van der Waals surface area contributed by atoms with E-state index in [2.05, 4.69) is 15.6 Å². The highest BCUT2D eigenvalue weighted by atomic mass is 16.6. The third kappa shape index (κ3) is 6.11. The van der Waals surface area contributed by atoms with E-state index >= 15 is 0 Å². The molecule has 1 aromatic rings. The first-order chi connectivity index (χ1) is 10.2. The summed E-state index contributed by atoms with van der Waals surface area (Å²) in [5.41, 5.74) is 0.811. The highest BCUT2D eigenvalue weighted by Crippen LogP contribution is 2.13. The Morgan fingerprint density at radius 2 is 1.95 bits per heavy atom. The molecule has 0 radical (unpaired) electrons. The van der Waals surface area contributed by atoms with E-state index in [0.29, 0.717) is 30.6 Å². The molecule has 0 fully saturated rings. The number of anilines is 1. The normalized spacial score (nSPS) is 11.0. The van der Waals surface area contributed by atoms with Crippen molar-refractivity contribution in [2.24, 2.45) is 0 Å². The average molecular weight is 307 g/mol. The molecular weight excluding hydrogens is 282 g/mol. The number of aryl methyl sites for hydroxylation is 1. The molecule has 2 N–H and O–H groups in total. The summed E-state index contributed by atoms with van der Waals surface area (Å²) in [5, 5.41) is 5.57. The van der Waals surface area contributed by atoms with Crippen molar-refractivity contribution in [2.75, 3.05) is 18.9 Å². The Kier molecular flexibility index (Phi) is 6.34. The van der Waals surface area contributed by atoms with Crippen LogP contribution in [0.25, 0.3) is 0 Å². The summed E-state index contributed by atoms with van der Waals surface area (Å²) in [5.74, 6) is 0.763. The first kappa shape index (κ1) is 17.9. The maximum absolute atomic E-state index is 12.1. The molecule has 6 heteroatoms. The summed E-state index contributed by atoms with van der Waals surface area (Å²) in [4.78, 5) is 27.9. The Labute approximate surface area is 131 Å². The van der Waals surface area contributed by atoms with Crippen LogP contribution in [0.2, 0.25) is 0 Å². The lowest BCUT2D eigenvalue weighted by molar-refractivity contribution is 0.0525. The Balaban J connectivity index is 2.39. The molecule has 1 amide bonds. The number of pyridine rings is 1. The number of rotatable bonds is 6. The van der Waals surface area contributed by atoms with Crippen LogP contribution in [-0.2, 0) is 4.74 Å². The summed E-state index contributed by atoms with van der Waals surface area (Å²) in [6.07, 6.45) is 0.457. The molecule has 0 aliphatic heterocycles. The van der Waals surface area contributed by atoms with Gasteiger partial charge >= 0.3 is 6.09 Å². The van der Waals surface area contributed by atoms with Crippen LogP contribution in [0.15, 0.2) is 12.1 Å².